The van der Waals surface area contributed by atoms with E-state index in [1.165, 1.54) is 0 Å². The molecule has 0 atom stereocenters. The number of aliphatic hydroxyl groups excluding tert-OH is 1. The standard InChI is InChI=1S/C24H27N7O4/c1-24(2,3)20-19-11-26-28-21(18-9-17(12-32)35-30-18)31(19)29-23(20)34-13-16-8-7-14(10-25-16)22(33)27-15-5-4-6-15/h7-11,15,32H,4-6,12-13H2,1-3H3,(H,27,33). The van der Waals surface area contributed by atoms with Crippen molar-refractivity contribution >= 4 is 11.4 Å². The number of carbonyl (C=O) groups is 1. The lowest BCUT2D eigenvalue weighted by atomic mass is 9.88. The Balaban J connectivity index is 1.40. The maximum absolute atomic E-state index is 12.3. The molecule has 5 rings (SSSR count). The van der Waals surface area contributed by atoms with E-state index in [0.29, 0.717) is 34.4 Å². The summed E-state index contributed by atoms with van der Waals surface area (Å²) in [5.41, 5.74) is 2.87. The Labute approximate surface area is 201 Å². The highest BCUT2D eigenvalue weighted by Crippen LogP contribution is 2.36. The van der Waals surface area contributed by atoms with Gasteiger partial charge in [0.1, 0.15) is 13.2 Å². The Hall–Kier alpha value is -3.86. The molecular weight excluding hydrogens is 450 g/mol. The van der Waals surface area contributed by atoms with Crippen LogP contribution in [-0.2, 0) is 18.6 Å². The van der Waals surface area contributed by atoms with Crippen molar-refractivity contribution in [3.63, 3.8) is 0 Å². The summed E-state index contributed by atoms with van der Waals surface area (Å²) in [6, 6.07) is 5.40. The molecule has 1 aliphatic carbocycles. The molecule has 4 aromatic rings. The van der Waals surface area contributed by atoms with Gasteiger partial charge in [0.15, 0.2) is 11.5 Å². The van der Waals surface area contributed by atoms with E-state index in [1.807, 2.05) is 0 Å². The van der Waals surface area contributed by atoms with Gasteiger partial charge in [-0.3, -0.25) is 9.78 Å². The summed E-state index contributed by atoms with van der Waals surface area (Å²) in [7, 11) is 0. The molecule has 0 spiro atoms. The van der Waals surface area contributed by atoms with Crippen molar-refractivity contribution in [2.45, 2.75) is 64.7 Å². The predicted molar refractivity (Wildman–Crippen MR) is 125 cm³/mol. The topological polar surface area (TPSA) is 141 Å². The smallest absolute Gasteiger partial charge is 0.253 e. The Morgan fingerprint density at radius 2 is 2.11 bits per heavy atom. The van der Waals surface area contributed by atoms with E-state index in [4.69, 9.17) is 9.26 Å². The maximum Gasteiger partial charge on any atom is 0.253 e. The fourth-order valence-corrected chi connectivity index (χ4v) is 3.94. The summed E-state index contributed by atoms with van der Waals surface area (Å²) in [6.07, 6.45) is 6.43. The number of fused-ring (bicyclic) bond motifs is 1. The zero-order valence-corrected chi connectivity index (χ0v) is 19.9. The summed E-state index contributed by atoms with van der Waals surface area (Å²) >= 11 is 0. The highest BCUT2D eigenvalue weighted by atomic mass is 16.5. The zero-order valence-electron chi connectivity index (χ0n) is 19.9. The summed E-state index contributed by atoms with van der Waals surface area (Å²) in [5.74, 6) is 1.00. The molecule has 0 aliphatic heterocycles. The molecule has 0 bridgehead atoms. The number of aliphatic hydroxyl groups is 1. The van der Waals surface area contributed by atoms with Crippen molar-refractivity contribution in [2.24, 2.45) is 0 Å². The van der Waals surface area contributed by atoms with Crippen LogP contribution >= 0.6 is 0 Å². The molecule has 4 heterocycles. The second kappa shape index (κ2) is 9.06. The van der Waals surface area contributed by atoms with Gasteiger partial charge in [-0.15, -0.1) is 10.2 Å². The molecule has 1 aliphatic rings. The third-order valence-electron chi connectivity index (χ3n) is 6.00. The minimum Gasteiger partial charge on any atom is -0.470 e. The SMILES string of the molecule is CC(C)(C)c1c(OCc2ccc(C(=O)NC3CCC3)cn2)nn2c(-c3cc(CO)on3)nncc12. The van der Waals surface area contributed by atoms with Crippen molar-refractivity contribution in [1.29, 1.82) is 0 Å². The van der Waals surface area contributed by atoms with Crippen molar-refractivity contribution in [3.05, 3.63) is 53.2 Å². The average Bonchev–Trinajstić information content (AvgIpc) is 3.44. The Kier molecular flexibility index (Phi) is 5.93. The van der Waals surface area contributed by atoms with Crippen LogP contribution in [-0.4, -0.2) is 47.0 Å². The molecule has 1 amide bonds. The Bertz CT molecular complexity index is 1350. The number of amides is 1. The van der Waals surface area contributed by atoms with Gasteiger partial charge in [-0.25, -0.2) is 4.52 Å². The van der Waals surface area contributed by atoms with Crippen LogP contribution in [0.3, 0.4) is 0 Å². The van der Waals surface area contributed by atoms with E-state index in [9.17, 15) is 9.90 Å². The fourth-order valence-electron chi connectivity index (χ4n) is 3.94. The molecular formula is C24H27N7O4. The summed E-state index contributed by atoms with van der Waals surface area (Å²) < 4.78 is 12.8. The van der Waals surface area contributed by atoms with Crippen molar-refractivity contribution in [1.82, 2.24) is 35.3 Å². The second-order valence-electron chi connectivity index (χ2n) is 9.66. The van der Waals surface area contributed by atoms with Crippen LogP contribution in [0.15, 0.2) is 35.1 Å². The zero-order chi connectivity index (χ0) is 24.6. The number of pyridine rings is 1. The summed E-state index contributed by atoms with van der Waals surface area (Å²) in [4.78, 5) is 16.7. The van der Waals surface area contributed by atoms with Crippen LogP contribution in [0.5, 0.6) is 5.88 Å². The largest absolute Gasteiger partial charge is 0.470 e. The molecule has 35 heavy (non-hydrogen) atoms. The molecule has 2 N–H and O–H groups in total. The first-order valence-electron chi connectivity index (χ1n) is 11.5. The first-order chi connectivity index (χ1) is 16.8. The minimum absolute atomic E-state index is 0.102. The quantitative estimate of drug-likeness (QED) is 0.411. The van der Waals surface area contributed by atoms with Gasteiger partial charge in [-0.1, -0.05) is 25.9 Å². The van der Waals surface area contributed by atoms with Gasteiger partial charge >= 0.3 is 0 Å². The van der Waals surface area contributed by atoms with Gasteiger partial charge in [0, 0.05) is 23.9 Å². The summed E-state index contributed by atoms with van der Waals surface area (Å²) in [6.45, 7) is 6.08. The molecule has 182 valence electrons. The van der Waals surface area contributed by atoms with Gasteiger partial charge in [0.25, 0.3) is 5.91 Å². The third kappa shape index (κ3) is 4.59. The molecule has 0 unspecified atom stereocenters. The van der Waals surface area contributed by atoms with E-state index < -0.39 is 0 Å². The van der Waals surface area contributed by atoms with Gasteiger partial charge < -0.3 is 19.7 Å². The van der Waals surface area contributed by atoms with E-state index in [0.717, 1.165) is 30.3 Å². The predicted octanol–water partition coefficient (Wildman–Crippen LogP) is 2.83. The molecule has 1 saturated carbocycles. The molecule has 0 radical (unpaired) electrons. The van der Waals surface area contributed by atoms with Crippen molar-refractivity contribution < 1.29 is 19.2 Å². The fraction of sp³-hybridized carbons (Fsp3) is 0.417. The Morgan fingerprint density at radius 1 is 1.29 bits per heavy atom. The first-order valence-corrected chi connectivity index (χ1v) is 11.5. The Morgan fingerprint density at radius 3 is 2.74 bits per heavy atom. The highest BCUT2D eigenvalue weighted by molar-refractivity contribution is 5.94. The van der Waals surface area contributed by atoms with Crippen LogP contribution in [0.2, 0.25) is 0 Å². The lowest BCUT2D eigenvalue weighted by Gasteiger charge is -2.26. The number of hydrogen-bond acceptors (Lipinski definition) is 9. The van der Waals surface area contributed by atoms with Crippen LogP contribution in [0.4, 0.5) is 0 Å². The highest BCUT2D eigenvalue weighted by Gasteiger charge is 2.28. The van der Waals surface area contributed by atoms with Gasteiger partial charge in [0.2, 0.25) is 11.7 Å². The van der Waals surface area contributed by atoms with E-state index >= 15 is 0 Å². The molecule has 4 aromatic heterocycles. The number of hydrogen-bond donors (Lipinski definition) is 2. The molecule has 11 heteroatoms. The van der Waals surface area contributed by atoms with Gasteiger partial charge in [-0.05, 0) is 36.8 Å². The number of nitrogens with zero attached hydrogens (tertiary/aromatic N) is 6. The third-order valence-corrected chi connectivity index (χ3v) is 6.00. The van der Waals surface area contributed by atoms with E-state index in [1.54, 1.807) is 35.1 Å². The minimum atomic E-state index is -0.311. The van der Waals surface area contributed by atoms with Crippen LogP contribution in [0, 0.1) is 0 Å². The second-order valence-corrected chi connectivity index (χ2v) is 9.66. The molecule has 0 saturated heterocycles. The maximum atomic E-state index is 12.3. The number of ether oxygens (including phenoxy) is 1. The van der Waals surface area contributed by atoms with Crippen molar-refractivity contribution in [2.75, 3.05) is 0 Å². The van der Waals surface area contributed by atoms with E-state index in [-0.39, 0.29) is 30.6 Å². The number of aromatic nitrogens is 6. The molecule has 0 aromatic carbocycles. The van der Waals surface area contributed by atoms with Crippen molar-refractivity contribution in [3.8, 4) is 17.4 Å². The van der Waals surface area contributed by atoms with E-state index in [2.05, 4.69) is 51.5 Å². The molecule has 11 nitrogen and oxygen atoms in total. The average molecular weight is 478 g/mol. The lowest BCUT2D eigenvalue weighted by molar-refractivity contribution is 0.0916. The monoisotopic (exact) mass is 477 g/mol. The van der Waals surface area contributed by atoms with Gasteiger partial charge in [-0.2, -0.15) is 5.10 Å². The molecule has 1 fully saturated rings. The summed E-state index contributed by atoms with van der Waals surface area (Å²) in [5, 5.41) is 29.2. The number of carbonyl (C=O) groups excluding carboxylic acids is 1. The van der Waals surface area contributed by atoms with Crippen LogP contribution in [0.1, 0.15) is 67.4 Å². The lowest BCUT2D eigenvalue weighted by Crippen LogP contribution is -2.39. The van der Waals surface area contributed by atoms with Gasteiger partial charge in [0.05, 0.1) is 23.0 Å². The first kappa shape index (κ1) is 22.9. The normalized spacial score (nSPS) is 14.2. The van der Waals surface area contributed by atoms with Crippen LogP contribution < -0.4 is 10.1 Å². The van der Waals surface area contributed by atoms with Crippen LogP contribution in [0.25, 0.3) is 17.0 Å². The number of nitrogens with one attached hydrogen (secondary N) is 1. The number of rotatable bonds is 7.